The van der Waals surface area contributed by atoms with E-state index in [-0.39, 0.29) is 5.91 Å². The van der Waals surface area contributed by atoms with Crippen LogP contribution in [0.3, 0.4) is 0 Å². The fraction of sp³-hybridized carbons (Fsp3) is 0.650. The fourth-order valence-electron chi connectivity index (χ4n) is 4.56. The van der Waals surface area contributed by atoms with Gasteiger partial charge in [0.25, 0.3) is 0 Å². The molecule has 0 spiro atoms. The lowest BCUT2D eigenvalue weighted by Crippen LogP contribution is -2.47. The van der Waals surface area contributed by atoms with Crippen LogP contribution in [-0.4, -0.2) is 56.3 Å². The molecular formula is C20H29N5O2. The third kappa shape index (κ3) is 3.93. The van der Waals surface area contributed by atoms with Crippen molar-refractivity contribution in [1.29, 1.82) is 0 Å². The topological polar surface area (TPSA) is 67.4 Å². The Bertz CT molecular complexity index is 792. The average molecular weight is 371 g/mol. The fourth-order valence-corrected chi connectivity index (χ4v) is 4.56. The number of rotatable bonds is 5. The quantitative estimate of drug-likeness (QED) is 0.805. The summed E-state index contributed by atoms with van der Waals surface area (Å²) >= 11 is 0. The number of nitrogens with zero attached hydrogens (tertiary/aromatic N) is 5. The standard InChI is InChI=1S/C20H29N5O2/c1-14-19(15(2)27-22-14)13-24-10-17-4-6-18(12-24)25(11-17)20(26)7-5-16-8-21-23(3)9-16/h8-9,17-18H,4-7,10-13H2,1-3H3/t17-,18+/m0/s1. The van der Waals surface area contributed by atoms with Crippen molar-refractivity contribution in [2.24, 2.45) is 13.0 Å². The third-order valence-electron chi connectivity index (χ3n) is 6.06. The lowest BCUT2D eigenvalue weighted by Gasteiger charge is -2.36. The van der Waals surface area contributed by atoms with Crippen LogP contribution in [-0.2, 0) is 24.8 Å². The van der Waals surface area contributed by atoms with E-state index < -0.39 is 0 Å². The van der Waals surface area contributed by atoms with Crippen molar-refractivity contribution in [2.45, 2.75) is 52.1 Å². The van der Waals surface area contributed by atoms with Gasteiger partial charge >= 0.3 is 0 Å². The summed E-state index contributed by atoms with van der Waals surface area (Å²) in [6, 6.07) is 0.325. The minimum atomic E-state index is 0.285. The lowest BCUT2D eigenvalue weighted by atomic mass is 9.94. The van der Waals surface area contributed by atoms with Gasteiger partial charge in [-0.2, -0.15) is 5.10 Å². The molecule has 3 saturated heterocycles. The summed E-state index contributed by atoms with van der Waals surface area (Å²) in [7, 11) is 1.91. The van der Waals surface area contributed by atoms with Gasteiger partial charge in [-0.05, 0) is 44.6 Å². The van der Waals surface area contributed by atoms with Crippen molar-refractivity contribution >= 4 is 5.91 Å². The Hall–Kier alpha value is -2.15. The Morgan fingerprint density at radius 2 is 2.11 bits per heavy atom. The Labute approximate surface area is 160 Å². The molecule has 2 aromatic heterocycles. The second-order valence-corrected chi connectivity index (χ2v) is 8.16. The molecule has 0 N–H and O–H groups in total. The molecule has 2 bridgehead atoms. The number of aromatic nitrogens is 3. The molecule has 0 saturated carbocycles. The van der Waals surface area contributed by atoms with Gasteiger partial charge in [0.1, 0.15) is 5.76 Å². The van der Waals surface area contributed by atoms with E-state index >= 15 is 0 Å². The maximum atomic E-state index is 12.9. The summed E-state index contributed by atoms with van der Waals surface area (Å²) in [6.07, 6.45) is 7.51. The van der Waals surface area contributed by atoms with Crippen molar-refractivity contribution in [2.75, 3.05) is 19.6 Å². The number of hydrogen-bond donors (Lipinski definition) is 0. The highest BCUT2D eigenvalue weighted by atomic mass is 16.5. The molecule has 2 atom stereocenters. The Balaban J connectivity index is 1.39. The van der Waals surface area contributed by atoms with Crippen molar-refractivity contribution in [3.8, 4) is 0 Å². The van der Waals surface area contributed by atoms with Crippen LogP contribution in [0.1, 0.15) is 41.8 Å². The van der Waals surface area contributed by atoms with E-state index in [2.05, 4.69) is 20.1 Å². The number of hydrogen-bond acceptors (Lipinski definition) is 5. The molecule has 3 aliphatic heterocycles. The first-order chi connectivity index (χ1) is 13.0. The first-order valence-corrected chi connectivity index (χ1v) is 9.90. The zero-order valence-corrected chi connectivity index (χ0v) is 16.5. The SMILES string of the molecule is Cc1noc(C)c1CN1C[C@@H]2CC[C@H](C1)N(C(=O)CCc1cnn(C)c1)C2. The largest absolute Gasteiger partial charge is 0.361 e. The molecule has 5 rings (SSSR count). The average Bonchev–Trinajstić information content (AvgIpc) is 3.06. The van der Waals surface area contributed by atoms with Gasteiger partial charge in [0, 0.05) is 57.4 Å². The highest BCUT2D eigenvalue weighted by molar-refractivity contribution is 5.77. The van der Waals surface area contributed by atoms with E-state index in [9.17, 15) is 4.79 Å². The molecule has 146 valence electrons. The van der Waals surface area contributed by atoms with Crippen molar-refractivity contribution < 1.29 is 9.32 Å². The monoisotopic (exact) mass is 371 g/mol. The Kier molecular flexibility index (Phi) is 5.04. The lowest BCUT2D eigenvalue weighted by molar-refractivity contribution is -0.135. The zero-order valence-electron chi connectivity index (χ0n) is 16.5. The molecule has 1 amide bonds. The Morgan fingerprint density at radius 1 is 1.26 bits per heavy atom. The van der Waals surface area contributed by atoms with Gasteiger partial charge in [-0.25, -0.2) is 0 Å². The zero-order chi connectivity index (χ0) is 19.0. The van der Waals surface area contributed by atoms with Crippen LogP contribution in [0.4, 0.5) is 0 Å². The van der Waals surface area contributed by atoms with Crippen LogP contribution in [0, 0.1) is 19.8 Å². The molecular weight excluding hydrogens is 342 g/mol. The van der Waals surface area contributed by atoms with Crippen molar-refractivity contribution in [1.82, 2.24) is 24.7 Å². The van der Waals surface area contributed by atoms with Crippen LogP contribution in [0.5, 0.6) is 0 Å². The number of amides is 1. The molecule has 0 unspecified atom stereocenters. The Morgan fingerprint density at radius 3 is 2.81 bits per heavy atom. The first-order valence-electron chi connectivity index (χ1n) is 9.90. The third-order valence-corrected chi connectivity index (χ3v) is 6.06. The van der Waals surface area contributed by atoms with Gasteiger partial charge in [-0.15, -0.1) is 0 Å². The van der Waals surface area contributed by atoms with E-state index in [4.69, 9.17) is 4.52 Å². The van der Waals surface area contributed by atoms with Crippen LogP contribution in [0.25, 0.3) is 0 Å². The smallest absolute Gasteiger partial charge is 0.223 e. The molecule has 0 aliphatic carbocycles. The number of fused-ring (bicyclic) bond motifs is 4. The number of carbonyl (C=O) groups is 1. The van der Waals surface area contributed by atoms with Gasteiger partial charge < -0.3 is 9.42 Å². The minimum Gasteiger partial charge on any atom is -0.361 e. The molecule has 3 fully saturated rings. The minimum absolute atomic E-state index is 0.285. The van der Waals surface area contributed by atoms with Crippen molar-refractivity contribution in [3.63, 3.8) is 0 Å². The predicted octanol–water partition coefficient (Wildman–Crippen LogP) is 2.08. The summed E-state index contributed by atoms with van der Waals surface area (Å²) in [5, 5.41) is 8.28. The second kappa shape index (κ2) is 7.46. The van der Waals surface area contributed by atoms with Gasteiger partial charge in [-0.3, -0.25) is 14.4 Å². The van der Waals surface area contributed by atoms with Gasteiger partial charge in [0.05, 0.1) is 11.9 Å². The molecule has 27 heavy (non-hydrogen) atoms. The number of aryl methyl sites for hydroxylation is 4. The molecule has 7 nitrogen and oxygen atoms in total. The first kappa shape index (κ1) is 18.2. The highest BCUT2D eigenvalue weighted by Gasteiger charge is 2.37. The van der Waals surface area contributed by atoms with E-state index in [1.807, 2.05) is 33.3 Å². The van der Waals surface area contributed by atoms with E-state index in [1.54, 1.807) is 4.68 Å². The van der Waals surface area contributed by atoms with Crippen LogP contribution < -0.4 is 0 Å². The molecule has 3 aliphatic rings. The predicted molar refractivity (Wildman–Crippen MR) is 101 cm³/mol. The second-order valence-electron chi connectivity index (χ2n) is 8.16. The molecule has 5 heterocycles. The maximum Gasteiger partial charge on any atom is 0.223 e. The highest BCUT2D eigenvalue weighted by Crippen LogP contribution is 2.30. The molecule has 2 aromatic rings. The summed E-state index contributed by atoms with van der Waals surface area (Å²) in [6.45, 7) is 7.75. The molecule has 7 heteroatoms. The molecule has 0 aromatic carbocycles. The number of piperidine rings is 1. The summed E-state index contributed by atoms with van der Waals surface area (Å²) in [5.74, 6) is 1.76. The van der Waals surface area contributed by atoms with Crippen LogP contribution in [0.2, 0.25) is 0 Å². The summed E-state index contributed by atoms with van der Waals surface area (Å²) in [5.41, 5.74) is 3.31. The molecule has 0 radical (unpaired) electrons. The van der Waals surface area contributed by atoms with Gasteiger partial charge in [0.2, 0.25) is 5.91 Å². The van der Waals surface area contributed by atoms with Gasteiger partial charge in [-0.1, -0.05) is 5.16 Å². The van der Waals surface area contributed by atoms with Crippen LogP contribution in [0.15, 0.2) is 16.9 Å². The van der Waals surface area contributed by atoms with E-state index in [1.165, 1.54) is 12.0 Å². The van der Waals surface area contributed by atoms with E-state index in [0.29, 0.717) is 18.4 Å². The number of carbonyl (C=O) groups excluding carboxylic acids is 1. The normalized spacial score (nSPS) is 23.0. The maximum absolute atomic E-state index is 12.9. The van der Waals surface area contributed by atoms with E-state index in [0.717, 1.165) is 56.0 Å². The van der Waals surface area contributed by atoms with Crippen LogP contribution >= 0.6 is 0 Å². The van der Waals surface area contributed by atoms with Gasteiger partial charge in [0.15, 0.2) is 0 Å². The summed E-state index contributed by atoms with van der Waals surface area (Å²) in [4.78, 5) is 17.5. The summed E-state index contributed by atoms with van der Waals surface area (Å²) < 4.78 is 7.12. The van der Waals surface area contributed by atoms with Crippen molar-refractivity contribution in [3.05, 3.63) is 35.0 Å².